The maximum Gasteiger partial charge on any atom is 0.0699 e. The van der Waals surface area contributed by atoms with Crippen molar-refractivity contribution in [2.45, 2.75) is 43.7 Å². The number of hydrogen-bond acceptors (Lipinski definition) is 2. The Morgan fingerprint density at radius 2 is 2.09 bits per heavy atom. The van der Waals surface area contributed by atoms with Crippen molar-refractivity contribution >= 4 is 0 Å². The fraction of sp³-hybridized carbons (Fsp3) is 1.00. The van der Waals surface area contributed by atoms with Gasteiger partial charge < -0.3 is 10.1 Å². The van der Waals surface area contributed by atoms with E-state index in [1.807, 2.05) is 7.05 Å². The van der Waals surface area contributed by atoms with E-state index >= 15 is 0 Å². The van der Waals surface area contributed by atoms with Gasteiger partial charge in [-0.1, -0.05) is 12.8 Å². The van der Waals surface area contributed by atoms with Crippen LogP contribution in [0.5, 0.6) is 0 Å². The second kappa shape index (κ2) is 2.76. The Bertz CT molecular complexity index is 140. The molecule has 2 fully saturated rings. The Hall–Kier alpha value is -0.0800. The van der Waals surface area contributed by atoms with Crippen LogP contribution in [0.4, 0.5) is 0 Å². The highest BCUT2D eigenvalue weighted by Crippen LogP contribution is 2.40. The van der Waals surface area contributed by atoms with Gasteiger partial charge in [0, 0.05) is 6.04 Å². The van der Waals surface area contributed by atoms with E-state index in [9.17, 15) is 0 Å². The summed E-state index contributed by atoms with van der Waals surface area (Å²) >= 11 is 0. The molecule has 0 amide bonds. The normalized spacial score (nSPS) is 35.2. The van der Waals surface area contributed by atoms with Crippen LogP contribution in [0.25, 0.3) is 0 Å². The lowest BCUT2D eigenvalue weighted by molar-refractivity contribution is 0.00996. The van der Waals surface area contributed by atoms with Gasteiger partial charge in [0.15, 0.2) is 0 Å². The third kappa shape index (κ3) is 1.30. The molecule has 1 unspecified atom stereocenters. The minimum Gasteiger partial charge on any atom is -0.373 e. The summed E-state index contributed by atoms with van der Waals surface area (Å²) in [6.45, 7) is 0.927. The van der Waals surface area contributed by atoms with Gasteiger partial charge in [-0.3, -0.25) is 0 Å². The Morgan fingerprint density at radius 3 is 2.64 bits per heavy atom. The van der Waals surface area contributed by atoms with Crippen LogP contribution in [0.2, 0.25) is 0 Å². The molecule has 1 aliphatic heterocycles. The summed E-state index contributed by atoms with van der Waals surface area (Å²) in [7, 11) is 2.03. The number of likely N-dealkylation sites (N-methyl/N-ethyl adjacent to an activating group) is 1. The van der Waals surface area contributed by atoms with Crippen LogP contribution in [-0.4, -0.2) is 25.3 Å². The Labute approximate surface area is 68.3 Å². The third-order valence-electron chi connectivity index (χ3n) is 3.13. The average molecular weight is 155 g/mol. The van der Waals surface area contributed by atoms with Crippen LogP contribution in [0.15, 0.2) is 0 Å². The zero-order valence-corrected chi connectivity index (χ0v) is 7.23. The molecule has 1 saturated heterocycles. The van der Waals surface area contributed by atoms with Gasteiger partial charge >= 0.3 is 0 Å². The van der Waals surface area contributed by atoms with E-state index < -0.39 is 0 Å². The van der Waals surface area contributed by atoms with Gasteiger partial charge in [-0.15, -0.1) is 0 Å². The number of nitrogens with one attached hydrogen (secondary N) is 1. The van der Waals surface area contributed by atoms with Crippen molar-refractivity contribution < 1.29 is 4.74 Å². The molecule has 1 saturated carbocycles. The van der Waals surface area contributed by atoms with Crippen LogP contribution in [-0.2, 0) is 4.74 Å². The number of hydrogen-bond donors (Lipinski definition) is 1. The molecule has 1 N–H and O–H groups in total. The number of rotatable bonds is 1. The van der Waals surface area contributed by atoms with Crippen molar-refractivity contribution in [3.05, 3.63) is 0 Å². The Kier molecular flexibility index (Phi) is 1.90. The molecular weight excluding hydrogens is 138 g/mol. The molecule has 1 spiro atoms. The minimum absolute atomic E-state index is 0.299. The molecule has 11 heavy (non-hydrogen) atoms. The van der Waals surface area contributed by atoms with Crippen molar-refractivity contribution in [3.63, 3.8) is 0 Å². The lowest BCUT2D eigenvalue weighted by Crippen LogP contribution is -2.28. The van der Waals surface area contributed by atoms with E-state index in [2.05, 4.69) is 5.32 Å². The van der Waals surface area contributed by atoms with Crippen LogP contribution in [0.3, 0.4) is 0 Å². The predicted molar refractivity (Wildman–Crippen MR) is 44.6 cm³/mol. The topological polar surface area (TPSA) is 21.3 Å². The summed E-state index contributed by atoms with van der Waals surface area (Å²) in [6, 6.07) is 0.619. The highest BCUT2D eigenvalue weighted by molar-refractivity contribution is 4.94. The van der Waals surface area contributed by atoms with Gasteiger partial charge in [0.05, 0.1) is 12.2 Å². The van der Waals surface area contributed by atoms with Gasteiger partial charge in [-0.25, -0.2) is 0 Å². The summed E-state index contributed by atoms with van der Waals surface area (Å²) < 4.78 is 5.84. The summed E-state index contributed by atoms with van der Waals surface area (Å²) in [5, 5.41) is 3.29. The SMILES string of the molecule is CNC1COC2(CCCC2)C1. The van der Waals surface area contributed by atoms with Crippen molar-refractivity contribution in [1.29, 1.82) is 0 Å². The Morgan fingerprint density at radius 1 is 1.36 bits per heavy atom. The smallest absolute Gasteiger partial charge is 0.0699 e. The fourth-order valence-electron chi connectivity index (χ4n) is 2.40. The molecule has 0 bridgehead atoms. The standard InChI is InChI=1S/C9H17NO/c1-10-8-6-9(11-7-8)4-2-3-5-9/h8,10H,2-7H2,1H3. The van der Waals surface area contributed by atoms with E-state index in [4.69, 9.17) is 4.74 Å². The Balaban J connectivity index is 1.96. The van der Waals surface area contributed by atoms with Crippen molar-refractivity contribution in [3.8, 4) is 0 Å². The summed E-state index contributed by atoms with van der Waals surface area (Å²) in [4.78, 5) is 0. The highest BCUT2D eigenvalue weighted by atomic mass is 16.5. The first-order chi connectivity index (χ1) is 5.35. The van der Waals surface area contributed by atoms with Crippen LogP contribution in [0.1, 0.15) is 32.1 Å². The molecule has 0 aromatic carbocycles. The summed E-state index contributed by atoms with van der Waals surface area (Å²) in [6.07, 6.45) is 6.58. The van der Waals surface area contributed by atoms with E-state index in [1.54, 1.807) is 0 Å². The molecule has 0 radical (unpaired) electrons. The zero-order chi connectivity index (χ0) is 7.73. The maximum absolute atomic E-state index is 5.84. The first kappa shape index (κ1) is 7.56. The summed E-state index contributed by atoms with van der Waals surface area (Å²) in [5.74, 6) is 0. The minimum atomic E-state index is 0.299. The largest absolute Gasteiger partial charge is 0.373 e. The molecule has 64 valence electrons. The van der Waals surface area contributed by atoms with Gasteiger partial charge in [0.1, 0.15) is 0 Å². The highest BCUT2D eigenvalue weighted by Gasteiger charge is 2.41. The van der Waals surface area contributed by atoms with E-state index in [0.29, 0.717) is 11.6 Å². The molecule has 1 aliphatic carbocycles. The number of ether oxygens (including phenoxy) is 1. The molecular formula is C9H17NO. The molecule has 2 aliphatic rings. The van der Waals surface area contributed by atoms with Crippen molar-refractivity contribution in [1.82, 2.24) is 5.32 Å². The van der Waals surface area contributed by atoms with E-state index in [0.717, 1.165) is 6.61 Å². The van der Waals surface area contributed by atoms with E-state index in [1.165, 1.54) is 32.1 Å². The van der Waals surface area contributed by atoms with Gasteiger partial charge in [-0.05, 0) is 26.3 Å². The van der Waals surface area contributed by atoms with Crippen LogP contribution >= 0.6 is 0 Å². The lowest BCUT2D eigenvalue weighted by Gasteiger charge is -2.21. The maximum atomic E-state index is 5.84. The second-order valence-electron chi connectivity index (χ2n) is 3.89. The monoisotopic (exact) mass is 155 g/mol. The molecule has 2 heteroatoms. The van der Waals surface area contributed by atoms with Crippen molar-refractivity contribution in [2.75, 3.05) is 13.7 Å². The third-order valence-corrected chi connectivity index (χ3v) is 3.13. The first-order valence-electron chi connectivity index (χ1n) is 4.66. The molecule has 0 aromatic rings. The molecule has 1 atom stereocenters. The van der Waals surface area contributed by atoms with Gasteiger partial charge in [0.2, 0.25) is 0 Å². The molecule has 1 heterocycles. The van der Waals surface area contributed by atoms with Crippen molar-refractivity contribution in [2.24, 2.45) is 0 Å². The first-order valence-corrected chi connectivity index (χ1v) is 4.66. The lowest BCUT2D eigenvalue weighted by atomic mass is 9.96. The van der Waals surface area contributed by atoms with Gasteiger partial charge in [-0.2, -0.15) is 0 Å². The molecule has 2 nitrogen and oxygen atoms in total. The molecule has 0 aromatic heterocycles. The van der Waals surface area contributed by atoms with E-state index in [-0.39, 0.29) is 0 Å². The average Bonchev–Trinajstić information content (AvgIpc) is 2.62. The molecule has 2 rings (SSSR count). The van der Waals surface area contributed by atoms with Crippen LogP contribution in [0, 0.1) is 0 Å². The predicted octanol–water partition coefficient (Wildman–Crippen LogP) is 1.31. The van der Waals surface area contributed by atoms with Gasteiger partial charge in [0.25, 0.3) is 0 Å². The quantitative estimate of drug-likeness (QED) is 0.616. The fourth-order valence-corrected chi connectivity index (χ4v) is 2.40. The second-order valence-corrected chi connectivity index (χ2v) is 3.89. The van der Waals surface area contributed by atoms with Crippen LogP contribution < -0.4 is 5.32 Å². The zero-order valence-electron chi connectivity index (χ0n) is 7.23. The summed E-state index contributed by atoms with van der Waals surface area (Å²) in [5.41, 5.74) is 0.299.